The summed E-state index contributed by atoms with van der Waals surface area (Å²) < 4.78 is 40.2. The first kappa shape index (κ1) is 16.1. The van der Waals surface area contributed by atoms with E-state index in [-0.39, 0.29) is 17.5 Å². The molecule has 130 valence electrons. The van der Waals surface area contributed by atoms with E-state index in [9.17, 15) is 8.42 Å². The van der Waals surface area contributed by atoms with E-state index in [4.69, 9.17) is 9.47 Å². The largest absolute Gasteiger partial charge is 0.454 e. The van der Waals surface area contributed by atoms with Gasteiger partial charge in [-0.05, 0) is 29.8 Å². The van der Waals surface area contributed by atoms with E-state index in [1.54, 1.807) is 29.1 Å². The van der Waals surface area contributed by atoms with Crippen LogP contribution in [0.25, 0.3) is 11.3 Å². The van der Waals surface area contributed by atoms with E-state index >= 15 is 0 Å². The minimum atomic E-state index is -3.59. The molecule has 25 heavy (non-hydrogen) atoms. The summed E-state index contributed by atoms with van der Waals surface area (Å²) in [5.41, 5.74) is 2.50. The number of ether oxygens (including phenoxy) is 2. The number of thiophene rings is 1. The lowest BCUT2D eigenvalue weighted by Gasteiger charge is -2.06. The van der Waals surface area contributed by atoms with Gasteiger partial charge in [-0.1, -0.05) is 6.07 Å². The maximum atomic E-state index is 12.5. The Morgan fingerprint density at radius 1 is 1.24 bits per heavy atom. The second kappa shape index (κ2) is 6.17. The number of sulfonamides is 1. The van der Waals surface area contributed by atoms with Gasteiger partial charge in [0.1, 0.15) is 4.21 Å². The van der Waals surface area contributed by atoms with Crippen LogP contribution in [0.15, 0.2) is 46.1 Å². The molecular weight excluding hydrogens is 362 g/mol. The predicted octanol–water partition coefficient (Wildman–Crippen LogP) is 2.36. The van der Waals surface area contributed by atoms with E-state index < -0.39 is 10.0 Å². The van der Waals surface area contributed by atoms with E-state index in [0.717, 1.165) is 16.8 Å². The summed E-state index contributed by atoms with van der Waals surface area (Å²) in [6.45, 7) is 0.369. The van der Waals surface area contributed by atoms with Gasteiger partial charge in [0.2, 0.25) is 16.8 Å². The molecule has 0 radical (unpaired) electrons. The van der Waals surface area contributed by atoms with Crippen molar-refractivity contribution in [2.75, 3.05) is 6.79 Å². The molecule has 7 nitrogen and oxygen atoms in total. The van der Waals surface area contributed by atoms with Crippen LogP contribution in [0.5, 0.6) is 11.5 Å². The molecule has 3 heterocycles. The Bertz CT molecular complexity index is 1020. The van der Waals surface area contributed by atoms with Gasteiger partial charge in [0, 0.05) is 30.7 Å². The highest BCUT2D eigenvalue weighted by atomic mass is 32.2. The van der Waals surface area contributed by atoms with Gasteiger partial charge < -0.3 is 9.47 Å². The second-order valence-corrected chi connectivity index (χ2v) is 8.41. The molecule has 0 spiro atoms. The lowest BCUT2D eigenvalue weighted by Crippen LogP contribution is -2.22. The molecule has 4 rings (SSSR count). The molecule has 3 aromatic rings. The Hall–Kier alpha value is -2.36. The van der Waals surface area contributed by atoms with Crippen LogP contribution < -0.4 is 14.2 Å². The van der Waals surface area contributed by atoms with Gasteiger partial charge in [-0.3, -0.25) is 4.68 Å². The number of nitrogens with zero attached hydrogens (tertiary/aromatic N) is 2. The number of hydrogen-bond acceptors (Lipinski definition) is 6. The summed E-state index contributed by atoms with van der Waals surface area (Å²) in [7, 11) is -1.77. The molecule has 0 saturated carbocycles. The molecule has 1 aliphatic heterocycles. The molecule has 1 aromatic carbocycles. The molecular formula is C16H15N3O4S2. The van der Waals surface area contributed by atoms with Crippen molar-refractivity contribution in [1.29, 1.82) is 0 Å². The first-order valence-electron chi connectivity index (χ1n) is 7.48. The van der Waals surface area contributed by atoms with Crippen LogP contribution in [0.3, 0.4) is 0 Å². The van der Waals surface area contributed by atoms with E-state index in [1.165, 1.54) is 11.3 Å². The van der Waals surface area contributed by atoms with Crippen molar-refractivity contribution in [2.24, 2.45) is 7.05 Å². The van der Waals surface area contributed by atoms with E-state index in [1.807, 2.05) is 24.6 Å². The molecule has 0 fully saturated rings. The molecule has 0 atom stereocenters. The first-order chi connectivity index (χ1) is 12.0. The summed E-state index contributed by atoms with van der Waals surface area (Å²) >= 11 is 1.18. The Kier molecular flexibility index (Phi) is 3.98. The highest BCUT2D eigenvalue weighted by molar-refractivity contribution is 7.91. The van der Waals surface area contributed by atoms with Gasteiger partial charge >= 0.3 is 0 Å². The smallest absolute Gasteiger partial charge is 0.250 e. The average molecular weight is 377 g/mol. The molecule has 1 aliphatic rings. The third-order valence-electron chi connectivity index (χ3n) is 3.86. The topological polar surface area (TPSA) is 82.5 Å². The highest BCUT2D eigenvalue weighted by Gasteiger charge is 2.19. The number of benzene rings is 1. The van der Waals surface area contributed by atoms with Crippen molar-refractivity contribution in [3.05, 3.63) is 47.5 Å². The molecule has 0 saturated heterocycles. The summed E-state index contributed by atoms with van der Waals surface area (Å²) in [5, 5.41) is 5.91. The van der Waals surface area contributed by atoms with Crippen molar-refractivity contribution >= 4 is 21.4 Å². The third-order valence-corrected chi connectivity index (χ3v) is 6.70. The van der Waals surface area contributed by atoms with Crippen LogP contribution >= 0.6 is 11.3 Å². The molecule has 0 aliphatic carbocycles. The fourth-order valence-corrected chi connectivity index (χ4v) is 4.79. The summed E-state index contributed by atoms with van der Waals surface area (Å²) in [5.74, 6) is 1.30. The third kappa shape index (κ3) is 3.13. The van der Waals surface area contributed by atoms with E-state index in [2.05, 4.69) is 9.82 Å². The lowest BCUT2D eigenvalue weighted by molar-refractivity contribution is 0.174. The lowest BCUT2D eigenvalue weighted by atomic mass is 10.2. The fourth-order valence-electron chi connectivity index (χ4n) is 2.55. The Morgan fingerprint density at radius 3 is 2.88 bits per heavy atom. The number of rotatable bonds is 5. The quantitative estimate of drug-likeness (QED) is 0.738. The van der Waals surface area contributed by atoms with Gasteiger partial charge in [0.05, 0.1) is 5.69 Å². The maximum Gasteiger partial charge on any atom is 0.250 e. The zero-order chi connectivity index (χ0) is 17.4. The molecule has 0 bridgehead atoms. The zero-order valence-corrected chi connectivity index (χ0v) is 14.9. The van der Waals surface area contributed by atoms with Gasteiger partial charge in [-0.15, -0.1) is 11.3 Å². The normalized spacial score (nSPS) is 13.3. The van der Waals surface area contributed by atoms with Gasteiger partial charge in [0.15, 0.2) is 11.5 Å². The van der Waals surface area contributed by atoms with Crippen molar-refractivity contribution < 1.29 is 17.9 Å². The van der Waals surface area contributed by atoms with Crippen LogP contribution in [0.1, 0.15) is 5.56 Å². The fraction of sp³-hybridized carbons (Fsp3) is 0.188. The van der Waals surface area contributed by atoms with Crippen LogP contribution in [0.4, 0.5) is 0 Å². The molecule has 0 unspecified atom stereocenters. The van der Waals surface area contributed by atoms with Crippen molar-refractivity contribution in [2.45, 2.75) is 10.8 Å². The SMILES string of the molecule is Cn1nccc1-c1csc(S(=O)(=O)NCc2ccc3c(c2)OCO3)c1. The maximum absolute atomic E-state index is 12.5. The second-order valence-electron chi connectivity index (χ2n) is 5.51. The highest BCUT2D eigenvalue weighted by Crippen LogP contribution is 2.33. The Labute approximate surface area is 148 Å². The molecule has 0 amide bonds. The first-order valence-corrected chi connectivity index (χ1v) is 9.84. The minimum absolute atomic E-state index is 0.178. The average Bonchev–Trinajstić information content (AvgIpc) is 3.32. The van der Waals surface area contributed by atoms with Crippen LogP contribution in [0, 0.1) is 0 Å². The summed E-state index contributed by atoms with van der Waals surface area (Å²) in [4.78, 5) is 0. The van der Waals surface area contributed by atoms with Gasteiger partial charge in [-0.2, -0.15) is 5.10 Å². The molecule has 2 aromatic heterocycles. The Balaban J connectivity index is 1.50. The van der Waals surface area contributed by atoms with Crippen molar-refractivity contribution in [3.63, 3.8) is 0 Å². The number of aryl methyl sites for hydroxylation is 1. The molecule has 1 N–H and O–H groups in total. The van der Waals surface area contributed by atoms with Crippen LogP contribution in [0.2, 0.25) is 0 Å². The van der Waals surface area contributed by atoms with E-state index in [0.29, 0.717) is 11.5 Å². The Morgan fingerprint density at radius 2 is 2.08 bits per heavy atom. The summed E-state index contributed by atoms with van der Waals surface area (Å²) in [6.07, 6.45) is 1.68. The molecule has 9 heteroatoms. The number of aromatic nitrogens is 2. The monoisotopic (exact) mass is 377 g/mol. The van der Waals surface area contributed by atoms with Crippen LogP contribution in [-0.4, -0.2) is 25.0 Å². The zero-order valence-electron chi connectivity index (χ0n) is 13.3. The van der Waals surface area contributed by atoms with Gasteiger partial charge in [-0.25, -0.2) is 13.1 Å². The number of hydrogen-bond donors (Lipinski definition) is 1. The van der Waals surface area contributed by atoms with Crippen molar-refractivity contribution in [1.82, 2.24) is 14.5 Å². The van der Waals surface area contributed by atoms with Gasteiger partial charge in [0.25, 0.3) is 0 Å². The predicted molar refractivity (Wildman–Crippen MR) is 93.1 cm³/mol. The number of nitrogens with one attached hydrogen (secondary N) is 1. The standard InChI is InChI=1S/C16H15N3O4S2/c1-19-13(4-5-17-19)12-7-16(24-9-12)25(20,21)18-8-11-2-3-14-15(6-11)23-10-22-14/h2-7,9,18H,8,10H2,1H3. The van der Waals surface area contributed by atoms with Crippen molar-refractivity contribution in [3.8, 4) is 22.8 Å². The van der Waals surface area contributed by atoms with Crippen LogP contribution in [-0.2, 0) is 23.6 Å². The number of fused-ring (bicyclic) bond motifs is 1. The minimum Gasteiger partial charge on any atom is -0.454 e. The summed E-state index contributed by atoms with van der Waals surface area (Å²) in [6, 6.07) is 8.87.